The monoisotopic (exact) mass is 331 g/mol. The lowest BCUT2D eigenvalue weighted by atomic mass is 9.84. The number of anilines is 2. The maximum Gasteiger partial charge on any atom is 0.140 e. The maximum absolute atomic E-state index is 4.81. The first-order valence-corrected chi connectivity index (χ1v) is 9.74. The highest BCUT2D eigenvalue weighted by Crippen LogP contribution is 2.36. The van der Waals surface area contributed by atoms with Gasteiger partial charge in [-0.1, -0.05) is 25.3 Å². The van der Waals surface area contributed by atoms with Gasteiger partial charge in [0, 0.05) is 17.3 Å². The molecule has 1 fully saturated rings. The van der Waals surface area contributed by atoms with Gasteiger partial charge in [0.1, 0.15) is 11.5 Å². The van der Waals surface area contributed by atoms with Crippen molar-refractivity contribution in [3.63, 3.8) is 0 Å². The zero-order chi connectivity index (χ0) is 16.6. The summed E-state index contributed by atoms with van der Waals surface area (Å²) >= 11 is 0. The molecule has 0 bridgehead atoms. The topological polar surface area (TPSA) is 40.7 Å². The quantitative estimate of drug-likeness (QED) is 0.632. The SMILES string of the molecule is c1cc2c(cc1Nc1ccc3c(C4CCCCC4)c[nH]c3n1)CCC2. The van der Waals surface area contributed by atoms with Crippen molar-refractivity contribution >= 4 is 22.5 Å². The Morgan fingerprint density at radius 1 is 0.920 bits per heavy atom. The fourth-order valence-electron chi connectivity index (χ4n) is 4.64. The number of hydrogen-bond acceptors (Lipinski definition) is 2. The minimum atomic E-state index is 0.708. The zero-order valence-electron chi connectivity index (χ0n) is 14.6. The van der Waals surface area contributed by atoms with E-state index >= 15 is 0 Å². The molecule has 0 saturated heterocycles. The van der Waals surface area contributed by atoms with E-state index in [0.717, 1.165) is 17.2 Å². The standard InChI is InChI=1S/C22H25N3/c1-2-5-16(6-3-1)20-14-23-22-19(20)11-12-21(25-22)24-18-10-9-15-7-4-8-17(15)13-18/h9-14,16H,1-8H2,(H2,23,24,25). The number of fused-ring (bicyclic) bond motifs is 2. The third kappa shape index (κ3) is 2.82. The average Bonchev–Trinajstić information content (AvgIpc) is 3.28. The van der Waals surface area contributed by atoms with Gasteiger partial charge in [-0.05, 0) is 79.0 Å². The lowest BCUT2D eigenvalue weighted by Gasteiger charge is -2.21. The number of rotatable bonds is 3. The summed E-state index contributed by atoms with van der Waals surface area (Å²) in [6, 6.07) is 11.1. The zero-order valence-corrected chi connectivity index (χ0v) is 14.6. The summed E-state index contributed by atoms with van der Waals surface area (Å²) < 4.78 is 0. The van der Waals surface area contributed by atoms with Crippen molar-refractivity contribution in [2.24, 2.45) is 0 Å². The van der Waals surface area contributed by atoms with Gasteiger partial charge >= 0.3 is 0 Å². The molecule has 2 aromatic heterocycles. The van der Waals surface area contributed by atoms with E-state index in [1.165, 1.54) is 73.4 Å². The lowest BCUT2D eigenvalue weighted by molar-refractivity contribution is 0.445. The predicted octanol–water partition coefficient (Wildman–Crippen LogP) is 5.84. The first kappa shape index (κ1) is 15.0. The fraction of sp³-hybridized carbons (Fsp3) is 0.409. The smallest absolute Gasteiger partial charge is 0.140 e. The molecule has 0 spiro atoms. The Hall–Kier alpha value is -2.29. The second-order valence-electron chi connectivity index (χ2n) is 7.63. The van der Waals surface area contributed by atoms with Gasteiger partial charge in [0.25, 0.3) is 0 Å². The summed E-state index contributed by atoms with van der Waals surface area (Å²) in [4.78, 5) is 8.22. The molecule has 3 nitrogen and oxygen atoms in total. The van der Waals surface area contributed by atoms with Crippen LogP contribution in [0.5, 0.6) is 0 Å². The van der Waals surface area contributed by atoms with Gasteiger partial charge in [0.15, 0.2) is 0 Å². The number of nitrogens with one attached hydrogen (secondary N) is 2. The number of aromatic nitrogens is 2. The molecule has 2 aliphatic carbocycles. The van der Waals surface area contributed by atoms with E-state index in [4.69, 9.17) is 4.98 Å². The molecule has 1 saturated carbocycles. The summed E-state index contributed by atoms with van der Waals surface area (Å²) in [5, 5.41) is 4.78. The van der Waals surface area contributed by atoms with E-state index in [2.05, 4.69) is 46.8 Å². The molecule has 3 aromatic rings. The van der Waals surface area contributed by atoms with E-state index < -0.39 is 0 Å². The molecule has 0 unspecified atom stereocenters. The van der Waals surface area contributed by atoms with Crippen molar-refractivity contribution in [3.05, 3.63) is 53.2 Å². The largest absolute Gasteiger partial charge is 0.346 e. The minimum Gasteiger partial charge on any atom is -0.346 e. The molecule has 25 heavy (non-hydrogen) atoms. The Labute approximate surface area is 148 Å². The molecule has 0 amide bonds. The second-order valence-corrected chi connectivity index (χ2v) is 7.63. The number of hydrogen-bond donors (Lipinski definition) is 2. The van der Waals surface area contributed by atoms with Crippen molar-refractivity contribution in [1.29, 1.82) is 0 Å². The van der Waals surface area contributed by atoms with Crippen LogP contribution in [0, 0.1) is 0 Å². The van der Waals surface area contributed by atoms with E-state index in [1.54, 1.807) is 0 Å². The van der Waals surface area contributed by atoms with Crippen LogP contribution in [0.25, 0.3) is 11.0 Å². The van der Waals surface area contributed by atoms with Gasteiger partial charge in [-0.3, -0.25) is 0 Å². The average molecular weight is 331 g/mol. The Balaban J connectivity index is 1.41. The van der Waals surface area contributed by atoms with Crippen molar-refractivity contribution in [2.75, 3.05) is 5.32 Å². The molecular formula is C22H25N3. The first-order chi connectivity index (χ1) is 12.4. The molecular weight excluding hydrogens is 306 g/mol. The van der Waals surface area contributed by atoms with Gasteiger partial charge < -0.3 is 10.3 Å². The number of aromatic amines is 1. The third-order valence-electron chi connectivity index (χ3n) is 5.99. The summed E-state index contributed by atoms with van der Waals surface area (Å²) in [5.74, 6) is 1.63. The summed E-state index contributed by atoms with van der Waals surface area (Å²) in [6.45, 7) is 0. The van der Waals surface area contributed by atoms with Gasteiger partial charge in [-0.25, -0.2) is 4.98 Å². The maximum atomic E-state index is 4.81. The number of aryl methyl sites for hydroxylation is 2. The minimum absolute atomic E-state index is 0.708. The lowest BCUT2D eigenvalue weighted by Crippen LogP contribution is -2.03. The first-order valence-electron chi connectivity index (χ1n) is 9.74. The van der Waals surface area contributed by atoms with Gasteiger partial charge in [-0.2, -0.15) is 0 Å². The normalized spacial score (nSPS) is 17.8. The molecule has 2 aliphatic rings. The van der Waals surface area contributed by atoms with Crippen LogP contribution >= 0.6 is 0 Å². The summed E-state index contributed by atoms with van der Waals surface area (Å²) in [6.07, 6.45) is 12.7. The molecule has 1 aromatic carbocycles. The van der Waals surface area contributed by atoms with E-state index in [-0.39, 0.29) is 0 Å². The summed E-state index contributed by atoms with van der Waals surface area (Å²) in [5.41, 5.74) is 6.62. The van der Waals surface area contributed by atoms with Crippen LogP contribution in [0.2, 0.25) is 0 Å². The van der Waals surface area contributed by atoms with Crippen LogP contribution in [0.15, 0.2) is 36.5 Å². The summed E-state index contributed by atoms with van der Waals surface area (Å²) in [7, 11) is 0. The molecule has 0 radical (unpaired) electrons. The molecule has 128 valence electrons. The fourth-order valence-corrected chi connectivity index (χ4v) is 4.64. The van der Waals surface area contributed by atoms with E-state index in [1.807, 2.05) is 0 Å². The Morgan fingerprint density at radius 3 is 2.72 bits per heavy atom. The number of H-pyrrole nitrogens is 1. The van der Waals surface area contributed by atoms with Crippen molar-refractivity contribution in [3.8, 4) is 0 Å². The number of nitrogens with zero attached hydrogens (tertiary/aromatic N) is 1. The van der Waals surface area contributed by atoms with Crippen LogP contribution in [0.1, 0.15) is 61.1 Å². The van der Waals surface area contributed by atoms with Gasteiger partial charge in [0.2, 0.25) is 0 Å². The molecule has 0 aliphatic heterocycles. The highest BCUT2D eigenvalue weighted by molar-refractivity contribution is 5.82. The molecule has 2 N–H and O–H groups in total. The number of pyridine rings is 1. The highest BCUT2D eigenvalue weighted by atomic mass is 15.0. The molecule has 0 atom stereocenters. The highest BCUT2D eigenvalue weighted by Gasteiger charge is 2.19. The van der Waals surface area contributed by atoms with E-state index in [0.29, 0.717) is 5.92 Å². The van der Waals surface area contributed by atoms with Crippen LogP contribution in [-0.4, -0.2) is 9.97 Å². The Kier molecular flexibility index (Phi) is 3.73. The van der Waals surface area contributed by atoms with Gasteiger partial charge in [-0.15, -0.1) is 0 Å². The molecule has 2 heterocycles. The Bertz CT molecular complexity index is 903. The van der Waals surface area contributed by atoms with Crippen molar-refractivity contribution < 1.29 is 0 Å². The van der Waals surface area contributed by atoms with Crippen LogP contribution < -0.4 is 5.32 Å². The van der Waals surface area contributed by atoms with Crippen molar-refractivity contribution in [1.82, 2.24) is 9.97 Å². The Morgan fingerprint density at radius 2 is 1.80 bits per heavy atom. The van der Waals surface area contributed by atoms with Crippen LogP contribution in [0.4, 0.5) is 11.5 Å². The second kappa shape index (κ2) is 6.21. The third-order valence-corrected chi connectivity index (χ3v) is 5.99. The van der Waals surface area contributed by atoms with Gasteiger partial charge in [0.05, 0.1) is 0 Å². The number of benzene rings is 1. The molecule has 3 heteroatoms. The van der Waals surface area contributed by atoms with Crippen LogP contribution in [0.3, 0.4) is 0 Å². The van der Waals surface area contributed by atoms with Crippen molar-refractivity contribution in [2.45, 2.75) is 57.3 Å². The molecule has 5 rings (SSSR count). The predicted molar refractivity (Wildman–Crippen MR) is 104 cm³/mol. The van der Waals surface area contributed by atoms with Crippen LogP contribution in [-0.2, 0) is 12.8 Å². The van der Waals surface area contributed by atoms with E-state index in [9.17, 15) is 0 Å².